The summed E-state index contributed by atoms with van der Waals surface area (Å²) in [6.45, 7) is 1.40. The molecule has 2 heterocycles. The molecule has 0 bridgehead atoms. The third-order valence-electron chi connectivity index (χ3n) is 6.65. The highest BCUT2D eigenvalue weighted by molar-refractivity contribution is 7.87. The summed E-state index contributed by atoms with van der Waals surface area (Å²) < 4.78 is 48.3. The molecule has 0 spiro atoms. The zero-order valence-corrected chi connectivity index (χ0v) is 21.4. The summed E-state index contributed by atoms with van der Waals surface area (Å²) in [5.74, 6) is 2.11. The van der Waals surface area contributed by atoms with E-state index in [4.69, 9.17) is 18.4 Å². The van der Waals surface area contributed by atoms with E-state index >= 15 is 0 Å². The third-order valence-corrected chi connectivity index (χ3v) is 7.89. The van der Waals surface area contributed by atoms with Crippen molar-refractivity contribution in [3.05, 3.63) is 76.9 Å². The van der Waals surface area contributed by atoms with Gasteiger partial charge in [-0.2, -0.15) is 8.42 Å². The van der Waals surface area contributed by atoms with Crippen molar-refractivity contribution in [2.24, 2.45) is 0 Å². The number of halogens is 1. The van der Waals surface area contributed by atoms with Crippen molar-refractivity contribution < 1.29 is 26.8 Å². The molecule has 3 aromatic rings. The van der Waals surface area contributed by atoms with Crippen molar-refractivity contribution in [2.45, 2.75) is 30.3 Å². The molecule has 0 fully saturated rings. The van der Waals surface area contributed by atoms with Crippen molar-refractivity contribution in [3.63, 3.8) is 0 Å². The highest BCUT2D eigenvalue weighted by Crippen LogP contribution is 2.46. The molecule has 186 valence electrons. The molecule has 35 heavy (non-hydrogen) atoms. The van der Waals surface area contributed by atoms with Crippen molar-refractivity contribution in [2.75, 3.05) is 27.9 Å². The molecule has 5 rings (SSSR count). The number of fused-ring (bicyclic) bond motifs is 4. The number of rotatable bonds is 6. The first-order valence-corrected chi connectivity index (χ1v) is 12.5. The molecule has 0 N–H and O–H groups in total. The largest absolute Gasteiger partial charge is 0.493 e. The van der Waals surface area contributed by atoms with E-state index in [1.54, 1.807) is 38.5 Å². The van der Waals surface area contributed by atoms with Gasteiger partial charge in [0, 0.05) is 24.7 Å². The Morgan fingerprint density at radius 3 is 2.23 bits per heavy atom. The molecular weight excluding hydrogens is 490 g/mol. The number of hydrogen-bond acceptors (Lipinski definition) is 7. The highest BCUT2D eigenvalue weighted by atomic mass is 35.5. The van der Waals surface area contributed by atoms with Crippen LogP contribution >= 0.6 is 12.4 Å². The SMILES string of the molecule is COc1cc2c(cc1OC)C1Cc3ccc(OC)c(OS(=O)(=O)c4ccccc4)c3CN1CC2.Cl. The fourth-order valence-corrected chi connectivity index (χ4v) is 5.92. The topological polar surface area (TPSA) is 74.3 Å². The third kappa shape index (κ3) is 4.53. The van der Waals surface area contributed by atoms with Crippen molar-refractivity contribution >= 4 is 22.5 Å². The molecule has 0 amide bonds. The van der Waals surface area contributed by atoms with Gasteiger partial charge in [0.2, 0.25) is 0 Å². The van der Waals surface area contributed by atoms with Crippen LogP contribution in [0, 0.1) is 0 Å². The van der Waals surface area contributed by atoms with Crippen molar-refractivity contribution in [1.82, 2.24) is 4.90 Å². The summed E-state index contributed by atoms with van der Waals surface area (Å²) in [6.07, 6.45) is 1.59. The predicted molar refractivity (Wildman–Crippen MR) is 135 cm³/mol. The summed E-state index contributed by atoms with van der Waals surface area (Å²) in [7, 11) is 0.807. The first kappa shape index (κ1) is 25.2. The first-order valence-electron chi connectivity index (χ1n) is 11.1. The van der Waals surface area contributed by atoms with Gasteiger partial charge in [0.05, 0.1) is 21.3 Å². The molecular formula is C26H28ClNO6S. The lowest BCUT2D eigenvalue weighted by Gasteiger charge is -2.42. The van der Waals surface area contributed by atoms with Crippen LogP contribution in [-0.4, -0.2) is 41.2 Å². The molecule has 0 radical (unpaired) electrons. The van der Waals surface area contributed by atoms with Crippen LogP contribution in [0.25, 0.3) is 0 Å². The van der Waals surface area contributed by atoms with E-state index in [0.29, 0.717) is 18.0 Å². The zero-order chi connectivity index (χ0) is 23.9. The molecule has 2 aliphatic rings. The molecule has 0 aromatic heterocycles. The molecule has 3 aromatic carbocycles. The smallest absolute Gasteiger partial charge is 0.339 e. The fourth-order valence-electron chi connectivity index (χ4n) is 4.93. The van der Waals surface area contributed by atoms with Gasteiger partial charge in [0.25, 0.3) is 0 Å². The monoisotopic (exact) mass is 517 g/mol. The van der Waals surface area contributed by atoms with E-state index in [1.165, 1.54) is 30.4 Å². The minimum absolute atomic E-state index is 0. The van der Waals surface area contributed by atoms with Gasteiger partial charge in [-0.25, -0.2) is 0 Å². The van der Waals surface area contributed by atoms with E-state index in [-0.39, 0.29) is 29.1 Å². The lowest BCUT2D eigenvalue weighted by molar-refractivity contribution is 0.158. The molecule has 9 heteroatoms. The number of hydrogen-bond donors (Lipinski definition) is 0. The van der Waals surface area contributed by atoms with Crippen LogP contribution in [0.3, 0.4) is 0 Å². The van der Waals surface area contributed by atoms with E-state index < -0.39 is 10.1 Å². The average molecular weight is 518 g/mol. The number of ether oxygens (including phenoxy) is 3. The molecule has 2 aliphatic heterocycles. The summed E-state index contributed by atoms with van der Waals surface area (Å²) in [5, 5.41) is 0. The van der Waals surface area contributed by atoms with Crippen LogP contribution in [-0.2, 0) is 29.5 Å². The summed E-state index contributed by atoms with van der Waals surface area (Å²) in [4.78, 5) is 2.47. The maximum absolute atomic E-state index is 13.0. The second kappa shape index (κ2) is 9.97. The maximum Gasteiger partial charge on any atom is 0.339 e. The van der Waals surface area contributed by atoms with Gasteiger partial charge in [-0.3, -0.25) is 4.90 Å². The Morgan fingerprint density at radius 1 is 0.857 bits per heavy atom. The van der Waals surface area contributed by atoms with Crippen LogP contribution in [0.2, 0.25) is 0 Å². The highest BCUT2D eigenvalue weighted by Gasteiger charge is 2.36. The van der Waals surface area contributed by atoms with Gasteiger partial charge in [-0.05, 0) is 59.9 Å². The predicted octanol–water partition coefficient (Wildman–Crippen LogP) is 4.56. The number of nitrogens with zero attached hydrogens (tertiary/aromatic N) is 1. The van der Waals surface area contributed by atoms with Crippen LogP contribution in [0.4, 0.5) is 0 Å². The Bertz CT molecular complexity index is 1330. The Balaban J connectivity index is 0.00000289. The second-order valence-corrected chi connectivity index (χ2v) is 9.98. The Kier molecular flexibility index (Phi) is 7.17. The van der Waals surface area contributed by atoms with E-state index in [1.807, 2.05) is 6.07 Å². The summed E-state index contributed by atoms with van der Waals surface area (Å²) in [6, 6.07) is 16.2. The molecule has 0 saturated heterocycles. The number of benzene rings is 3. The van der Waals surface area contributed by atoms with Gasteiger partial charge in [-0.1, -0.05) is 24.3 Å². The lowest BCUT2D eigenvalue weighted by Crippen LogP contribution is -2.39. The summed E-state index contributed by atoms with van der Waals surface area (Å²) in [5.41, 5.74) is 4.35. The Morgan fingerprint density at radius 2 is 1.54 bits per heavy atom. The molecule has 7 nitrogen and oxygen atoms in total. The Labute approximate surface area is 212 Å². The van der Waals surface area contributed by atoms with Crippen LogP contribution in [0.1, 0.15) is 28.3 Å². The molecule has 0 aliphatic carbocycles. The first-order chi connectivity index (χ1) is 16.4. The molecule has 1 atom stereocenters. The van der Waals surface area contributed by atoms with Gasteiger partial charge >= 0.3 is 10.1 Å². The fraction of sp³-hybridized carbons (Fsp3) is 0.308. The zero-order valence-electron chi connectivity index (χ0n) is 19.8. The minimum Gasteiger partial charge on any atom is -0.493 e. The van der Waals surface area contributed by atoms with Crippen molar-refractivity contribution in [1.29, 1.82) is 0 Å². The van der Waals surface area contributed by atoms with Gasteiger partial charge in [0.1, 0.15) is 4.90 Å². The average Bonchev–Trinajstić information content (AvgIpc) is 2.87. The minimum atomic E-state index is -4.00. The number of methoxy groups -OCH3 is 3. The Hall–Kier alpha value is -2.94. The molecule has 1 unspecified atom stereocenters. The van der Waals surface area contributed by atoms with Gasteiger partial charge in [-0.15, -0.1) is 12.4 Å². The van der Waals surface area contributed by atoms with E-state index in [2.05, 4.69) is 17.0 Å². The summed E-state index contributed by atoms with van der Waals surface area (Å²) >= 11 is 0. The lowest BCUT2D eigenvalue weighted by atomic mass is 9.83. The van der Waals surface area contributed by atoms with Crippen LogP contribution in [0.5, 0.6) is 23.0 Å². The normalized spacial score (nSPS) is 16.7. The standard InChI is InChI=1S/C26H27NO6S.ClH/c1-30-23-10-9-17-13-22-20-15-25(32-3)24(31-2)14-18(20)11-12-27(22)16-21(17)26(23)33-34(28,29)19-7-5-4-6-8-19;/h4-10,14-15,22H,11-13,16H2,1-3H3;1H. The van der Waals surface area contributed by atoms with E-state index in [0.717, 1.165) is 36.3 Å². The van der Waals surface area contributed by atoms with Gasteiger partial charge in [0.15, 0.2) is 23.0 Å². The quantitative estimate of drug-likeness (QED) is 0.444. The maximum atomic E-state index is 13.0. The van der Waals surface area contributed by atoms with Gasteiger partial charge < -0.3 is 18.4 Å². The van der Waals surface area contributed by atoms with Crippen LogP contribution in [0.15, 0.2) is 59.5 Å². The van der Waals surface area contributed by atoms with Crippen molar-refractivity contribution in [3.8, 4) is 23.0 Å². The molecule has 0 saturated carbocycles. The second-order valence-electron chi connectivity index (χ2n) is 8.43. The van der Waals surface area contributed by atoms with Crippen LogP contribution < -0.4 is 18.4 Å². The van der Waals surface area contributed by atoms with E-state index in [9.17, 15) is 8.42 Å².